The van der Waals surface area contributed by atoms with Crippen LogP contribution in [0.1, 0.15) is 29.3 Å². The second-order valence-electron chi connectivity index (χ2n) is 2.96. The molecule has 1 aromatic carbocycles. The molecule has 0 aliphatic carbocycles. The zero-order valence-corrected chi connectivity index (χ0v) is 8.53. The SMILES string of the molecule is CC/C=C/C#Cc1ccc(C(=O)O)cc1. The average molecular weight is 200 g/mol. The number of hydrogen-bond acceptors (Lipinski definition) is 1. The minimum atomic E-state index is -0.916. The molecular weight excluding hydrogens is 188 g/mol. The highest BCUT2D eigenvalue weighted by Crippen LogP contribution is 2.02. The van der Waals surface area contributed by atoms with Crippen LogP contribution in [0.5, 0.6) is 0 Å². The van der Waals surface area contributed by atoms with Gasteiger partial charge in [-0.1, -0.05) is 24.8 Å². The lowest BCUT2D eigenvalue weighted by molar-refractivity contribution is 0.0697. The summed E-state index contributed by atoms with van der Waals surface area (Å²) in [5.74, 6) is 4.87. The number of hydrogen-bond donors (Lipinski definition) is 1. The predicted molar refractivity (Wildman–Crippen MR) is 59.7 cm³/mol. The van der Waals surface area contributed by atoms with Gasteiger partial charge in [0.2, 0.25) is 0 Å². The summed E-state index contributed by atoms with van der Waals surface area (Å²) in [6.07, 6.45) is 4.73. The molecular formula is C13H12O2. The lowest BCUT2D eigenvalue weighted by Crippen LogP contribution is -1.94. The molecule has 0 saturated carbocycles. The summed E-state index contributed by atoms with van der Waals surface area (Å²) < 4.78 is 0. The number of carboxylic acids is 1. The number of carboxylic acid groups (broad SMARTS) is 1. The Balaban J connectivity index is 2.75. The largest absolute Gasteiger partial charge is 0.478 e. The highest BCUT2D eigenvalue weighted by atomic mass is 16.4. The van der Waals surface area contributed by atoms with Crippen LogP contribution in [0.4, 0.5) is 0 Å². The second-order valence-corrected chi connectivity index (χ2v) is 2.96. The van der Waals surface area contributed by atoms with Gasteiger partial charge in [0.1, 0.15) is 0 Å². The van der Waals surface area contributed by atoms with Crippen molar-refractivity contribution in [2.45, 2.75) is 13.3 Å². The van der Waals surface area contributed by atoms with Gasteiger partial charge in [-0.2, -0.15) is 0 Å². The third-order valence-corrected chi connectivity index (χ3v) is 1.79. The number of benzene rings is 1. The fourth-order valence-electron chi connectivity index (χ4n) is 0.998. The highest BCUT2D eigenvalue weighted by Gasteiger charge is 1.99. The number of carbonyl (C=O) groups is 1. The number of aromatic carboxylic acids is 1. The van der Waals surface area contributed by atoms with E-state index < -0.39 is 5.97 Å². The molecule has 0 spiro atoms. The van der Waals surface area contributed by atoms with Gasteiger partial charge in [-0.05, 0) is 36.8 Å². The summed E-state index contributed by atoms with van der Waals surface area (Å²) in [6, 6.07) is 6.51. The summed E-state index contributed by atoms with van der Waals surface area (Å²) in [6.45, 7) is 2.04. The molecule has 0 aromatic heterocycles. The van der Waals surface area contributed by atoms with Crippen molar-refractivity contribution in [2.24, 2.45) is 0 Å². The molecule has 2 nitrogen and oxygen atoms in total. The van der Waals surface area contributed by atoms with Gasteiger partial charge >= 0.3 is 5.97 Å². The summed E-state index contributed by atoms with van der Waals surface area (Å²) in [5, 5.41) is 8.67. The Bertz CT molecular complexity index is 416. The van der Waals surface area contributed by atoms with E-state index in [1.165, 1.54) is 0 Å². The van der Waals surface area contributed by atoms with Crippen molar-refractivity contribution in [1.29, 1.82) is 0 Å². The van der Waals surface area contributed by atoms with E-state index in [0.717, 1.165) is 12.0 Å². The van der Waals surface area contributed by atoms with Crippen LogP contribution in [0.25, 0.3) is 0 Å². The molecule has 0 amide bonds. The lowest BCUT2D eigenvalue weighted by Gasteiger charge is -1.92. The molecule has 1 rings (SSSR count). The van der Waals surface area contributed by atoms with Crippen molar-refractivity contribution in [3.63, 3.8) is 0 Å². The van der Waals surface area contributed by atoms with Gasteiger partial charge in [-0.3, -0.25) is 0 Å². The smallest absolute Gasteiger partial charge is 0.335 e. The van der Waals surface area contributed by atoms with Crippen LogP contribution < -0.4 is 0 Å². The molecule has 0 bridgehead atoms. The minimum Gasteiger partial charge on any atom is -0.478 e. The normalized spacial score (nSPS) is 9.67. The standard InChI is InChI=1S/C13H12O2/c1-2-3-4-5-6-11-7-9-12(10-8-11)13(14)15/h3-4,7-10H,2H2,1H3,(H,14,15)/b4-3+. The monoisotopic (exact) mass is 200 g/mol. The first kappa shape index (κ1) is 11.1. The van der Waals surface area contributed by atoms with Crippen molar-refractivity contribution >= 4 is 5.97 Å². The molecule has 0 radical (unpaired) electrons. The minimum absolute atomic E-state index is 0.282. The number of rotatable bonds is 2. The van der Waals surface area contributed by atoms with E-state index in [4.69, 9.17) is 5.11 Å². The summed E-state index contributed by atoms with van der Waals surface area (Å²) >= 11 is 0. The average Bonchev–Trinajstić information content (AvgIpc) is 2.25. The van der Waals surface area contributed by atoms with E-state index in [0.29, 0.717) is 0 Å². The Kier molecular flexibility index (Phi) is 4.18. The lowest BCUT2D eigenvalue weighted by atomic mass is 10.1. The zero-order chi connectivity index (χ0) is 11.1. The quantitative estimate of drug-likeness (QED) is 0.745. The Hall–Kier alpha value is -2.01. The predicted octanol–water partition coefficient (Wildman–Crippen LogP) is 2.70. The van der Waals surface area contributed by atoms with Crippen LogP contribution in [0.2, 0.25) is 0 Å². The van der Waals surface area contributed by atoms with E-state index >= 15 is 0 Å². The van der Waals surface area contributed by atoms with Gasteiger partial charge in [-0.25, -0.2) is 4.79 Å². The van der Waals surface area contributed by atoms with E-state index in [2.05, 4.69) is 11.8 Å². The Labute approximate surface area is 89.3 Å². The van der Waals surface area contributed by atoms with Gasteiger partial charge < -0.3 is 5.11 Å². The van der Waals surface area contributed by atoms with Crippen LogP contribution in [0.15, 0.2) is 36.4 Å². The maximum absolute atomic E-state index is 10.6. The van der Waals surface area contributed by atoms with E-state index in [1.54, 1.807) is 30.3 Å². The first-order valence-electron chi connectivity index (χ1n) is 4.74. The van der Waals surface area contributed by atoms with Crippen LogP contribution in [0.3, 0.4) is 0 Å². The Morgan fingerprint density at radius 2 is 2.07 bits per heavy atom. The first-order chi connectivity index (χ1) is 7.24. The van der Waals surface area contributed by atoms with Crippen molar-refractivity contribution in [3.05, 3.63) is 47.5 Å². The summed E-state index contributed by atoms with van der Waals surface area (Å²) in [5.41, 5.74) is 1.10. The third-order valence-electron chi connectivity index (χ3n) is 1.79. The fraction of sp³-hybridized carbons (Fsp3) is 0.154. The third kappa shape index (κ3) is 3.70. The zero-order valence-electron chi connectivity index (χ0n) is 8.53. The molecule has 1 aromatic rings. The molecule has 0 aliphatic heterocycles. The van der Waals surface area contributed by atoms with Gasteiger partial charge in [-0.15, -0.1) is 0 Å². The van der Waals surface area contributed by atoms with Crippen molar-refractivity contribution in [1.82, 2.24) is 0 Å². The van der Waals surface area contributed by atoms with Crippen LogP contribution in [-0.2, 0) is 0 Å². The van der Waals surface area contributed by atoms with Gasteiger partial charge in [0.05, 0.1) is 5.56 Å². The molecule has 0 aliphatic rings. The van der Waals surface area contributed by atoms with E-state index in [-0.39, 0.29) is 5.56 Å². The molecule has 2 heteroatoms. The maximum atomic E-state index is 10.6. The Morgan fingerprint density at radius 3 is 2.60 bits per heavy atom. The maximum Gasteiger partial charge on any atom is 0.335 e. The molecule has 0 unspecified atom stereocenters. The summed E-state index contributed by atoms with van der Waals surface area (Å²) in [4.78, 5) is 10.6. The topological polar surface area (TPSA) is 37.3 Å². The Morgan fingerprint density at radius 1 is 1.40 bits per heavy atom. The highest BCUT2D eigenvalue weighted by molar-refractivity contribution is 5.87. The van der Waals surface area contributed by atoms with E-state index in [9.17, 15) is 4.79 Å². The van der Waals surface area contributed by atoms with Crippen LogP contribution >= 0.6 is 0 Å². The summed E-state index contributed by atoms with van der Waals surface area (Å²) in [7, 11) is 0. The van der Waals surface area contributed by atoms with Crippen molar-refractivity contribution in [3.8, 4) is 11.8 Å². The second kappa shape index (κ2) is 5.66. The van der Waals surface area contributed by atoms with Crippen LogP contribution in [0, 0.1) is 11.8 Å². The van der Waals surface area contributed by atoms with Crippen LogP contribution in [-0.4, -0.2) is 11.1 Å². The van der Waals surface area contributed by atoms with Crippen molar-refractivity contribution in [2.75, 3.05) is 0 Å². The molecule has 0 atom stereocenters. The van der Waals surface area contributed by atoms with Gasteiger partial charge in [0, 0.05) is 5.56 Å². The molecule has 76 valence electrons. The molecule has 0 heterocycles. The van der Waals surface area contributed by atoms with Gasteiger partial charge in [0.25, 0.3) is 0 Å². The molecule has 0 saturated heterocycles. The first-order valence-corrected chi connectivity index (χ1v) is 4.74. The van der Waals surface area contributed by atoms with E-state index in [1.807, 2.05) is 13.0 Å². The molecule has 1 N–H and O–H groups in total. The van der Waals surface area contributed by atoms with Gasteiger partial charge in [0.15, 0.2) is 0 Å². The molecule has 15 heavy (non-hydrogen) atoms. The van der Waals surface area contributed by atoms with Crippen molar-refractivity contribution < 1.29 is 9.90 Å². The fourth-order valence-corrected chi connectivity index (χ4v) is 0.998. The molecule has 0 fully saturated rings. The number of allylic oxidation sites excluding steroid dienone is 2.